The molecule has 0 bridgehead atoms. The maximum atomic E-state index is 12.1. The average Bonchev–Trinajstić information content (AvgIpc) is 2.46. The number of nitrogens with one attached hydrogen (secondary N) is 1. The predicted molar refractivity (Wildman–Crippen MR) is 81.9 cm³/mol. The van der Waals surface area contributed by atoms with Gasteiger partial charge in [-0.25, -0.2) is 0 Å². The summed E-state index contributed by atoms with van der Waals surface area (Å²) in [6.45, 7) is 3.84. The second kappa shape index (κ2) is 5.23. The summed E-state index contributed by atoms with van der Waals surface area (Å²) in [5.41, 5.74) is 4.37. The summed E-state index contributed by atoms with van der Waals surface area (Å²) in [6, 6.07) is 8.07. The third-order valence-electron chi connectivity index (χ3n) is 3.94. The average molecular weight is 268 g/mol. The van der Waals surface area contributed by atoms with Crippen LogP contribution in [0.4, 0.5) is 5.69 Å². The Morgan fingerprint density at radius 2 is 1.95 bits per heavy atom. The van der Waals surface area contributed by atoms with Crippen LogP contribution in [0.25, 0.3) is 10.9 Å². The Morgan fingerprint density at radius 1 is 1.20 bits per heavy atom. The molecule has 1 N–H and O–H groups in total. The summed E-state index contributed by atoms with van der Waals surface area (Å²) >= 11 is 0. The van der Waals surface area contributed by atoms with E-state index in [1.807, 2.05) is 38.1 Å². The minimum atomic E-state index is -0.0128. The highest BCUT2D eigenvalue weighted by Gasteiger charge is 2.20. The van der Waals surface area contributed by atoms with E-state index >= 15 is 0 Å². The van der Waals surface area contributed by atoms with Gasteiger partial charge in [0, 0.05) is 17.0 Å². The SMILES string of the molecule is CC(C)C(=O)Nc1c2c(nc3ccccc13)CCCC2. The molecule has 3 nitrogen and oxygen atoms in total. The monoisotopic (exact) mass is 268 g/mol. The van der Waals surface area contributed by atoms with Gasteiger partial charge >= 0.3 is 0 Å². The van der Waals surface area contributed by atoms with Crippen LogP contribution in [0.15, 0.2) is 24.3 Å². The van der Waals surface area contributed by atoms with Crippen LogP contribution in [-0.4, -0.2) is 10.9 Å². The van der Waals surface area contributed by atoms with E-state index in [9.17, 15) is 4.79 Å². The van der Waals surface area contributed by atoms with Gasteiger partial charge in [0.15, 0.2) is 0 Å². The Balaban J connectivity index is 2.18. The summed E-state index contributed by atoms with van der Waals surface area (Å²) in [5, 5.41) is 4.19. The predicted octanol–water partition coefficient (Wildman–Crippen LogP) is 3.71. The third kappa shape index (κ3) is 2.28. The molecule has 1 aromatic carbocycles. The zero-order chi connectivity index (χ0) is 14.1. The number of benzene rings is 1. The minimum absolute atomic E-state index is 0.0128. The van der Waals surface area contributed by atoms with E-state index in [0.29, 0.717) is 0 Å². The van der Waals surface area contributed by atoms with Crippen LogP contribution in [0, 0.1) is 5.92 Å². The van der Waals surface area contributed by atoms with Crippen molar-refractivity contribution >= 4 is 22.5 Å². The fourth-order valence-electron chi connectivity index (χ4n) is 2.78. The molecule has 0 unspecified atom stereocenters. The molecule has 1 aliphatic rings. The number of hydrogen-bond acceptors (Lipinski definition) is 2. The standard InChI is InChI=1S/C17H20N2O/c1-11(2)17(20)19-16-12-7-3-5-9-14(12)18-15-10-6-4-8-13(15)16/h3,5,7,9,11H,4,6,8,10H2,1-2H3,(H,18,19,20). The van der Waals surface area contributed by atoms with Crippen molar-refractivity contribution in [3.8, 4) is 0 Å². The van der Waals surface area contributed by atoms with Crippen LogP contribution in [0.1, 0.15) is 37.9 Å². The molecule has 1 heterocycles. The van der Waals surface area contributed by atoms with Crippen LogP contribution in [0.3, 0.4) is 0 Å². The molecular formula is C17H20N2O. The normalized spacial score (nSPS) is 14.3. The first-order valence-corrected chi connectivity index (χ1v) is 7.38. The maximum absolute atomic E-state index is 12.1. The fraction of sp³-hybridized carbons (Fsp3) is 0.412. The summed E-state index contributed by atoms with van der Waals surface area (Å²) in [5.74, 6) is 0.0651. The Bertz CT molecular complexity index is 661. The summed E-state index contributed by atoms with van der Waals surface area (Å²) in [6.07, 6.45) is 4.40. The highest BCUT2D eigenvalue weighted by atomic mass is 16.1. The van der Waals surface area contributed by atoms with Crippen LogP contribution < -0.4 is 5.32 Å². The van der Waals surface area contributed by atoms with Crippen molar-refractivity contribution in [2.75, 3.05) is 5.32 Å². The van der Waals surface area contributed by atoms with Crippen molar-refractivity contribution in [1.29, 1.82) is 0 Å². The van der Waals surface area contributed by atoms with Gasteiger partial charge in [0.1, 0.15) is 0 Å². The molecule has 104 valence electrons. The first-order chi connectivity index (χ1) is 9.66. The number of aryl methyl sites for hydroxylation is 1. The van der Waals surface area contributed by atoms with Crippen molar-refractivity contribution < 1.29 is 4.79 Å². The molecular weight excluding hydrogens is 248 g/mol. The van der Waals surface area contributed by atoms with E-state index < -0.39 is 0 Å². The molecule has 0 saturated carbocycles. The molecule has 1 amide bonds. The van der Waals surface area contributed by atoms with Crippen molar-refractivity contribution in [2.24, 2.45) is 5.92 Å². The van der Waals surface area contributed by atoms with Gasteiger partial charge in [-0.15, -0.1) is 0 Å². The number of aromatic nitrogens is 1. The lowest BCUT2D eigenvalue weighted by Crippen LogP contribution is -2.20. The first-order valence-electron chi connectivity index (χ1n) is 7.38. The molecule has 1 aliphatic carbocycles. The van der Waals surface area contributed by atoms with E-state index in [0.717, 1.165) is 35.1 Å². The molecule has 0 saturated heterocycles. The van der Waals surface area contributed by atoms with E-state index in [-0.39, 0.29) is 11.8 Å². The van der Waals surface area contributed by atoms with Gasteiger partial charge in [0.2, 0.25) is 5.91 Å². The number of hydrogen-bond donors (Lipinski definition) is 1. The van der Waals surface area contributed by atoms with Gasteiger partial charge < -0.3 is 5.32 Å². The van der Waals surface area contributed by atoms with E-state index in [1.165, 1.54) is 18.4 Å². The quantitative estimate of drug-likeness (QED) is 0.902. The lowest BCUT2D eigenvalue weighted by Gasteiger charge is -2.21. The molecule has 3 rings (SSSR count). The maximum Gasteiger partial charge on any atom is 0.226 e. The number of anilines is 1. The zero-order valence-corrected chi connectivity index (χ0v) is 12.1. The van der Waals surface area contributed by atoms with Gasteiger partial charge in [0.25, 0.3) is 0 Å². The molecule has 1 aromatic heterocycles. The van der Waals surface area contributed by atoms with Crippen molar-refractivity contribution in [3.63, 3.8) is 0 Å². The van der Waals surface area contributed by atoms with Crippen LogP contribution in [-0.2, 0) is 17.6 Å². The van der Waals surface area contributed by atoms with Gasteiger partial charge in [-0.2, -0.15) is 0 Å². The molecule has 0 radical (unpaired) electrons. The molecule has 3 heteroatoms. The Morgan fingerprint density at radius 3 is 2.75 bits per heavy atom. The Labute approximate surface area is 119 Å². The van der Waals surface area contributed by atoms with Crippen molar-refractivity contribution in [3.05, 3.63) is 35.5 Å². The number of amides is 1. The number of nitrogens with zero attached hydrogens (tertiary/aromatic N) is 1. The van der Waals surface area contributed by atoms with Crippen LogP contribution in [0.5, 0.6) is 0 Å². The van der Waals surface area contributed by atoms with Crippen molar-refractivity contribution in [1.82, 2.24) is 4.98 Å². The Kier molecular flexibility index (Phi) is 3.43. The van der Waals surface area contributed by atoms with Gasteiger partial charge in [-0.05, 0) is 37.3 Å². The summed E-state index contributed by atoms with van der Waals surface area (Å²) < 4.78 is 0. The molecule has 0 atom stereocenters. The van der Waals surface area contributed by atoms with Gasteiger partial charge in [-0.3, -0.25) is 9.78 Å². The number of rotatable bonds is 2. The molecule has 0 aliphatic heterocycles. The minimum Gasteiger partial charge on any atom is -0.325 e. The molecule has 2 aromatic rings. The zero-order valence-electron chi connectivity index (χ0n) is 12.1. The van der Waals surface area contributed by atoms with Crippen LogP contribution in [0.2, 0.25) is 0 Å². The van der Waals surface area contributed by atoms with E-state index in [1.54, 1.807) is 0 Å². The van der Waals surface area contributed by atoms with Gasteiger partial charge in [-0.1, -0.05) is 32.0 Å². The van der Waals surface area contributed by atoms with E-state index in [4.69, 9.17) is 4.98 Å². The lowest BCUT2D eigenvalue weighted by molar-refractivity contribution is -0.118. The van der Waals surface area contributed by atoms with E-state index in [2.05, 4.69) is 5.32 Å². The second-order valence-corrected chi connectivity index (χ2v) is 5.78. The summed E-state index contributed by atoms with van der Waals surface area (Å²) in [4.78, 5) is 16.9. The number of para-hydroxylation sites is 1. The highest BCUT2D eigenvalue weighted by molar-refractivity contribution is 6.03. The number of fused-ring (bicyclic) bond motifs is 2. The largest absolute Gasteiger partial charge is 0.325 e. The summed E-state index contributed by atoms with van der Waals surface area (Å²) in [7, 11) is 0. The second-order valence-electron chi connectivity index (χ2n) is 5.78. The number of pyridine rings is 1. The van der Waals surface area contributed by atoms with Gasteiger partial charge in [0.05, 0.1) is 11.2 Å². The fourth-order valence-corrected chi connectivity index (χ4v) is 2.78. The molecule has 0 fully saturated rings. The van der Waals surface area contributed by atoms with Crippen molar-refractivity contribution in [2.45, 2.75) is 39.5 Å². The highest BCUT2D eigenvalue weighted by Crippen LogP contribution is 2.33. The molecule has 20 heavy (non-hydrogen) atoms. The third-order valence-corrected chi connectivity index (χ3v) is 3.94. The number of carbonyl (C=O) groups excluding carboxylic acids is 1. The molecule has 0 spiro atoms. The van der Waals surface area contributed by atoms with Crippen LogP contribution >= 0.6 is 0 Å². The lowest BCUT2D eigenvalue weighted by atomic mass is 9.92. The smallest absolute Gasteiger partial charge is 0.226 e. The number of carbonyl (C=O) groups is 1. The Hall–Kier alpha value is -1.90. The topological polar surface area (TPSA) is 42.0 Å². The first kappa shape index (κ1) is 13.1.